The number of hydrogen-bond donors (Lipinski definition) is 0. The van der Waals surface area contributed by atoms with Gasteiger partial charge < -0.3 is 4.90 Å². The van der Waals surface area contributed by atoms with Gasteiger partial charge in [-0.2, -0.15) is 5.26 Å². The van der Waals surface area contributed by atoms with Crippen molar-refractivity contribution in [2.75, 3.05) is 18.0 Å². The van der Waals surface area contributed by atoms with Gasteiger partial charge in [0.2, 0.25) is 0 Å². The first-order valence-corrected chi connectivity index (χ1v) is 5.48. The highest BCUT2D eigenvalue weighted by atomic mass is 15.1. The molecule has 0 spiro atoms. The van der Waals surface area contributed by atoms with Crippen molar-refractivity contribution in [3.05, 3.63) is 28.8 Å². The van der Waals surface area contributed by atoms with E-state index in [1.165, 1.54) is 24.1 Å². The Kier molecular flexibility index (Phi) is 2.64. The summed E-state index contributed by atoms with van der Waals surface area (Å²) in [5.74, 6) is 0. The van der Waals surface area contributed by atoms with Crippen molar-refractivity contribution in [2.45, 2.75) is 26.7 Å². The van der Waals surface area contributed by atoms with E-state index in [9.17, 15) is 0 Å². The van der Waals surface area contributed by atoms with E-state index >= 15 is 0 Å². The average Bonchev–Trinajstić information content (AvgIpc) is 2.71. The van der Waals surface area contributed by atoms with Crippen LogP contribution in [0.2, 0.25) is 0 Å². The molecule has 78 valence electrons. The topological polar surface area (TPSA) is 27.0 Å². The predicted molar refractivity (Wildman–Crippen MR) is 62.1 cm³/mol. The zero-order valence-electron chi connectivity index (χ0n) is 9.38. The SMILES string of the molecule is Cc1cc(C)c(N2CCCC2)cc1C#N. The summed E-state index contributed by atoms with van der Waals surface area (Å²) in [6.45, 7) is 6.39. The second-order valence-electron chi connectivity index (χ2n) is 4.26. The Hall–Kier alpha value is -1.49. The molecule has 0 saturated carbocycles. The van der Waals surface area contributed by atoms with E-state index in [1.54, 1.807) is 0 Å². The molecule has 1 aromatic rings. The van der Waals surface area contributed by atoms with Gasteiger partial charge in [0.15, 0.2) is 0 Å². The molecule has 1 aliphatic rings. The molecule has 1 saturated heterocycles. The van der Waals surface area contributed by atoms with Crippen LogP contribution in [-0.4, -0.2) is 13.1 Å². The van der Waals surface area contributed by atoms with Crippen molar-refractivity contribution in [3.63, 3.8) is 0 Å². The van der Waals surface area contributed by atoms with E-state index < -0.39 is 0 Å². The molecular weight excluding hydrogens is 184 g/mol. The highest BCUT2D eigenvalue weighted by Crippen LogP contribution is 2.26. The first-order valence-electron chi connectivity index (χ1n) is 5.48. The first kappa shape index (κ1) is 10.0. The number of aryl methyl sites for hydroxylation is 2. The lowest BCUT2D eigenvalue weighted by atomic mass is 10.0. The lowest BCUT2D eigenvalue weighted by Gasteiger charge is -2.20. The summed E-state index contributed by atoms with van der Waals surface area (Å²) in [6, 6.07) is 6.41. The van der Waals surface area contributed by atoms with E-state index in [0.29, 0.717) is 0 Å². The van der Waals surface area contributed by atoms with Crippen LogP contribution in [-0.2, 0) is 0 Å². The summed E-state index contributed by atoms with van der Waals surface area (Å²) < 4.78 is 0. The maximum atomic E-state index is 9.01. The molecule has 0 unspecified atom stereocenters. The molecule has 0 amide bonds. The zero-order valence-corrected chi connectivity index (χ0v) is 9.38. The summed E-state index contributed by atoms with van der Waals surface area (Å²) in [5, 5.41) is 9.01. The minimum Gasteiger partial charge on any atom is -0.371 e. The minimum atomic E-state index is 0.808. The third-order valence-electron chi connectivity index (χ3n) is 3.11. The number of benzene rings is 1. The van der Waals surface area contributed by atoms with Gasteiger partial charge in [-0.15, -0.1) is 0 Å². The molecule has 1 aliphatic heterocycles. The lowest BCUT2D eigenvalue weighted by molar-refractivity contribution is 0.949. The Balaban J connectivity index is 2.42. The van der Waals surface area contributed by atoms with Gasteiger partial charge in [0.25, 0.3) is 0 Å². The van der Waals surface area contributed by atoms with E-state index in [2.05, 4.69) is 24.0 Å². The van der Waals surface area contributed by atoms with Gasteiger partial charge in [0.05, 0.1) is 11.6 Å². The monoisotopic (exact) mass is 200 g/mol. The van der Waals surface area contributed by atoms with Crippen molar-refractivity contribution < 1.29 is 0 Å². The third-order valence-corrected chi connectivity index (χ3v) is 3.11. The van der Waals surface area contributed by atoms with Crippen LogP contribution in [0.15, 0.2) is 12.1 Å². The normalized spacial score (nSPS) is 15.4. The van der Waals surface area contributed by atoms with E-state index in [1.807, 2.05) is 13.0 Å². The number of hydrogen-bond acceptors (Lipinski definition) is 2. The lowest BCUT2D eigenvalue weighted by Crippen LogP contribution is -2.18. The van der Waals surface area contributed by atoms with Gasteiger partial charge in [-0.1, -0.05) is 6.07 Å². The molecule has 1 aromatic carbocycles. The minimum absolute atomic E-state index is 0.808. The van der Waals surface area contributed by atoms with Crippen LogP contribution in [0.25, 0.3) is 0 Å². The van der Waals surface area contributed by atoms with Crippen molar-refractivity contribution in [2.24, 2.45) is 0 Å². The fourth-order valence-electron chi connectivity index (χ4n) is 2.26. The van der Waals surface area contributed by atoms with Crippen LogP contribution < -0.4 is 4.90 Å². The van der Waals surface area contributed by atoms with Gasteiger partial charge in [0, 0.05) is 18.8 Å². The summed E-state index contributed by atoms with van der Waals surface area (Å²) >= 11 is 0. The van der Waals surface area contributed by atoms with E-state index in [4.69, 9.17) is 5.26 Å². The van der Waals surface area contributed by atoms with Crippen molar-refractivity contribution >= 4 is 5.69 Å². The molecule has 0 radical (unpaired) electrons. The van der Waals surface area contributed by atoms with Crippen LogP contribution in [0.1, 0.15) is 29.5 Å². The molecule has 0 atom stereocenters. The van der Waals surface area contributed by atoms with Gasteiger partial charge in [0.1, 0.15) is 0 Å². The number of rotatable bonds is 1. The second kappa shape index (κ2) is 3.94. The molecule has 2 heteroatoms. The standard InChI is InChI=1S/C13H16N2/c1-10-7-11(2)13(8-12(10)9-14)15-5-3-4-6-15/h7-8H,3-6H2,1-2H3. The quantitative estimate of drug-likeness (QED) is 0.697. The van der Waals surface area contributed by atoms with Crippen LogP contribution in [0.3, 0.4) is 0 Å². The number of nitriles is 1. The second-order valence-corrected chi connectivity index (χ2v) is 4.26. The summed E-state index contributed by atoms with van der Waals surface area (Å²) in [6.07, 6.45) is 2.55. The Morgan fingerprint density at radius 1 is 1.13 bits per heavy atom. The highest BCUT2D eigenvalue weighted by Gasteiger charge is 2.15. The van der Waals surface area contributed by atoms with E-state index in [-0.39, 0.29) is 0 Å². The molecule has 1 heterocycles. The van der Waals surface area contributed by atoms with Crippen LogP contribution in [0.4, 0.5) is 5.69 Å². The zero-order chi connectivity index (χ0) is 10.8. The molecule has 0 bridgehead atoms. The first-order chi connectivity index (χ1) is 7.22. The van der Waals surface area contributed by atoms with Gasteiger partial charge >= 0.3 is 0 Å². The Morgan fingerprint density at radius 3 is 2.40 bits per heavy atom. The van der Waals surface area contributed by atoms with Crippen molar-refractivity contribution in [3.8, 4) is 6.07 Å². The fraction of sp³-hybridized carbons (Fsp3) is 0.462. The Bertz CT molecular complexity index is 409. The molecule has 2 rings (SSSR count). The van der Waals surface area contributed by atoms with Gasteiger partial charge in [-0.25, -0.2) is 0 Å². The third kappa shape index (κ3) is 1.83. The molecule has 2 nitrogen and oxygen atoms in total. The number of nitrogens with zero attached hydrogens (tertiary/aromatic N) is 2. The Labute approximate surface area is 91.1 Å². The molecule has 0 aliphatic carbocycles. The highest BCUT2D eigenvalue weighted by molar-refractivity contribution is 5.60. The van der Waals surface area contributed by atoms with Crippen LogP contribution in [0.5, 0.6) is 0 Å². The molecule has 1 fully saturated rings. The van der Waals surface area contributed by atoms with Crippen molar-refractivity contribution in [1.29, 1.82) is 5.26 Å². The molecule has 0 aromatic heterocycles. The van der Waals surface area contributed by atoms with Crippen LogP contribution in [0, 0.1) is 25.2 Å². The molecule has 0 N–H and O–H groups in total. The summed E-state index contributed by atoms with van der Waals surface area (Å²) in [5.41, 5.74) is 4.42. The van der Waals surface area contributed by atoms with E-state index in [0.717, 1.165) is 24.2 Å². The average molecular weight is 200 g/mol. The van der Waals surface area contributed by atoms with Crippen LogP contribution >= 0.6 is 0 Å². The predicted octanol–water partition coefficient (Wildman–Crippen LogP) is 2.78. The molecule has 15 heavy (non-hydrogen) atoms. The fourth-order valence-corrected chi connectivity index (χ4v) is 2.26. The summed E-state index contributed by atoms with van der Waals surface area (Å²) in [4.78, 5) is 2.38. The number of anilines is 1. The molecular formula is C13H16N2. The maximum Gasteiger partial charge on any atom is 0.0995 e. The Morgan fingerprint density at radius 2 is 1.80 bits per heavy atom. The van der Waals surface area contributed by atoms with Gasteiger partial charge in [-0.05, 0) is 43.9 Å². The largest absolute Gasteiger partial charge is 0.371 e. The van der Waals surface area contributed by atoms with Gasteiger partial charge in [-0.3, -0.25) is 0 Å². The maximum absolute atomic E-state index is 9.01. The smallest absolute Gasteiger partial charge is 0.0995 e. The summed E-state index contributed by atoms with van der Waals surface area (Å²) in [7, 11) is 0. The van der Waals surface area contributed by atoms with Crippen molar-refractivity contribution in [1.82, 2.24) is 0 Å².